The molecule has 1 amide bonds. The number of amides is 1. The molecule has 0 aliphatic rings. The number of anilines is 2. The molecule has 2 aromatic rings. The number of nitro benzene ring substituents is 1. The predicted molar refractivity (Wildman–Crippen MR) is 97.2 cm³/mol. The first-order chi connectivity index (χ1) is 13.5. The second-order valence-corrected chi connectivity index (χ2v) is 6.11. The molecule has 29 heavy (non-hydrogen) atoms. The molecular formula is C18H16F3N3O5. The van der Waals surface area contributed by atoms with E-state index >= 15 is 0 Å². The fourth-order valence-corrected chi connectivity index (χ4v) is 2.31. The van der Waals surface area contributed by atoms with Crippen molar-refractivity contribution in [1.29, 1.82) is 0 Å². The van der Waals surface area contributed by atoms with Crippen molar-refractivity contribution in [1.82, 2.24) is 0 Å². The predicted octanol–water partition coefficient (Wildman–Crippen LogP) is 3.26. The number of ether oxygens (including phenoxy) is 1. The molecule has 0 aliphatic carbocycles. The number of hydrogen-bond donors (Lipinski definition) is 1. The summed E-state index contributed by atoms with van der Waals surface area (Å²) >= 11 is 0. The highest BCUT2D eigenvalue weighted by Crippen LogP contribution is 2.28. The van der Waals surface area contributed by atoms with E-state index < -0.39 is 46.0 Å². The molecule has 0 aliphatic heterocycles. The summed E-state index contributed by atoms with van der Waals surface area (Å²) in [6.45, 7) is 1.16. The van der Waals surface area contributed by atoms with Gasteiger partial charge in [0.2, 0.25) is 0 Å². The van der Waals surface area contributed by atoms with Gasteiger partial charge >= 0.3 is 5.97 Å². The number of benzene rings is 2. The number of nitrogens with zero attached hydrogens (tertiary/aromatic N) is 2. The van der Waals surface area contributed by atoms with Crippen molar-refractivity contribution in [2.75, 3.05) is 24.3 Å². The lowest BCUT2D eigenvalue weighted by atomic mass is 10.1. The van der Waals surface area contributed by atoms with Crippen LogP contribution in [0.3, 0.4) is 0 Å². The molecule has 0 aromatic heterocycles. The van der Waals surface area contributed by atoms with E-state index in [2.05, 4.69) is 0 Å². The summed E-state index contributed by atoms with van der Waals surface area (Å²) in [4.78, 5) is 36.3. The van der Waals surface area contributed by atoms with E-state index in [1.165, 1.54) is 17.0 Å². The lowest BCUT2D eigenvalue weighted by Crippen LogP contribution is -2.30. The van der Waals surface area contributed by atoms with Crippen LogP contribution in [0.25, 0.3) is 0 Å². The van der Waals surface area contributed by atoms with E-state index in [4.69, 9.17) is 4.74 Å². The van der Waals surface area contributed by atoms with Crippen LogP contribution in [0.5, 0.6) is 0 Å². The molecule has 2 rings (SSSR count). The fraction of sp³-hybridized carbons (Fsp3) is 0.222. The van der Waals surface area contributed by atoms with Crippen LogP contribution in [-0.2, 0) is 9.53 Å². The standard InChI is InChI=1S/C18H16F3N3O5/c1-9(17(25)22-12-6-5-11(19)15(20)16(12)21)29-18(26)10-4-7-13(23(2)3)14(8-10)24(27)28/h4-9H,1-3H3,(H,22,25)/t9-/m1/s1. The van der Waals surface area contributed by atoms with Crippen molar-refractivity contribution in [3.63, 3.8) is 0 Å². The monoisotopic (exact) mass is 411 g/mol. The average molecular weight is 411 g/mol. The van der Waals surface area contributed by atoms with Gasteiger partial charge in [0.1, 0.15) is 5.69 Å². The Labute approximate surface area is 163 Å². The van der Waals surface area contributed by atoms with Crippen molar-refractivity contribution >= 4 is 28.9 Å². The molecule has 1 atom stereocenters. The molecule has 154 valence electrons. The van der Waals surface area contributed by atoms with E-state index in [0.717, 1.165) is 19.1 Å². The van der Waals surface area contributed by atoms with Crippen LogP contribution in [0.2, 0.25) is 0 Å². The topological polar surface area (TPSA) is 102 Å². The Morgan fingerprint density at radius 3 is 2.38 bits per heavy atom. The van der Waals surface area contributed by atoms with Gasteiger partial charge in [0, 0.05) is 20.2 Å². The Morgan fingerprint density at radius 1 is 1.14 bits per heavy atom. The molecule has 0 fully saturated rings. The van der Waals surface area contributed by atoms with Crippen LogP contribution in [0.1, 0.15) is 17.3 Å². The van der Waals surface area contributed by atoms with Crippen molar-refractivity contribution in [3.05, 3.63) is 63.5 Å². The van der Waals surface area contributed by atoms with Crippen LogP contribution in [0.4, 0.5) is 30.2 Å². The molecule has 0 saturated carbocycles. The van der Waals surface area contributed by atoms with E-state index in [1.54, 1.807) is 14.1 Å². The number of hydrogen-bond acceptors (Lipinski definition) is 6. The normalized spacial score (nSPS) is 11.5. The van der Waals surface area contributed by atoms with Crippen molar-refractivity contribution in [2.24, 2.45) is 0 Å². The summed E-state index contributed by atoms with van der Waals surface area (Å²) < 4.78 is 44.7. The zero-order valence-electron chi connectivity index (χ0n) is 15.5. The third-order valence-corrected chi connectivity index (χ3v) is 3.84. The minimum absolute atomic E-state index is 0.180. The Bertz CT molecular complexity index is 981. The van der Waals surface area contributed by atoms with Gasteiger partial charge in [-0.05, 0) is 31.2 Å². The minimum atomic E-state index is -1.76. The van der Waals surface area contributed by atoms with Gasteiger partial charge in [-0.25, -0.2) is 18.0 Å². The summed E-state index contributed by atoms with van der Waals surface area (Å²) in [7, 11) is 3.17. The van der Waals surface area contributed by atoms with Gasteiger partial charge in [-0.3, -0.25) is 14.9 Å². The fourth-order valence-electron chi connectivity index (χ4n) is 2.31. The molecule has 0 heterocycles. The first-order valence-corrected chi connectivity index (χ1v) is 8.14. The highest BCUT2D eigenvalue weighted by Gasteiger charge is 2.24. The smallest absolute Gasteiger partial charge is 0.339 e. The number of esters is 1. The molecule has 8 nitrogen and oxygen atoms in total. The first kappa shape index (κ1) is 21.7. The van der Waals surface area contributed by atoms with Gasteiger partial charge in [0.15, 0.2) is 23.6 Å². The van der Waals surface area contributed by atoms with Crippen LogP contribution >= 0.6 is 0 Å². The van der Waals surface area contributed by atoms with Crippen molar-refractivity contribution < 1.29 is 32.4 Å². The second kappa shape index (κ2) is 8.59. The highest BCUT2D eigenvalue weighted by atomic mass is 19.2. The van der Waals surface area contributed by atoms with Crippen LogP contribution < -0.4 is 10.2 Å². The maximum atomic E-state index is 13.6. The molecule has 0 bridgehead atoms. The molecular weight excluding hydrogens is 395 g/mol. The summed E-state index contributed by atoms with van der Waals surface area (Å²) in [5.41, 5.74) is -0.903. The maximum Gasteiger partial charge on any atom is 0.339 e. The largest absolute Gasteiger partial charge is 0.449 e. The van der Waals surface area contributed by atoms with Crippen LogP contribution in [-0.4, -0.2) is 37.0 Å². The molecule has 0 radical (unpaired) electrons. The van der Waals surface area contributed by atoms with E-state index in [9.17, 15) is 32.9 Å². The number of nitrogens with one attached hydrogen (secondary N) is 1. The Morgan fingerprint density at radius 2 is 1.79 bits per heavy atom. The van der Waals surface area contributed by atoms with E-state index in [-0.39, 0.29) is 16.9 Å². The average Bonchev–Trinajstić information content (AvgIpc) is 2.67. The van der Waals surface area contributed by atoms with Crippen LogP contribution in [0.15, 0.2) is 30.3 Å². The Balaban J connectivity index is 2.14. The third-order valence-electron chi connectivity index (χ3n) is 3.84. The first-order valence-electron chi connectivity index (χ1n) is 8.14. The Kier molecular flexibility index (Phi) is 6.42. The van der Waals surface area contributed by atoms with Gasteiger partial charge in [0.05, 0.1) is 16.2 Å². The number of carbonyl (C=O) groups excluding carboxylic acids is 2. The Hall–Kier alpha value is -3.63. The number of nitro groups is 1. The van der Waals surface area contributed by atoms with E-state index in [1.807, 2.05) is 5.32 Å². The van der Waals surface area contributed by atoms with Crippen molar-refractivity contribution in [3.8, 4) is 0 Å². The number of carbonyl (C=O) groups is 2. The summed E-state index contributed by atoms with van der Waals surface area (Å²) in [5.74, 6) is -6.84. The molecule has 1 N–H and O–H groups in total. The second-order valence-electron chi connectivity index (χ2n) is 6.11. The number of rotatable bonds is 6. The van der Waals surface area contributed by atoms with Gasteiger partial charge in [0.25, 0.3) is 11.6 Å². The quantitative estimate of drug-likeness (QED) is 0.339. The summed E-state index contributed by atoms with van der Waals surface area (Å²) in [6, 6.07) is 5.05. The zero-order chi connectivity index (χ0) is 21.9. The SMILES string of the molecule is C[C@@H](OC(=O)c1ccc(N(C)C)c([N+](=O)[O-])c1)C(=O)Nc1ccc(F)c(F)c1F. The number of halogens is 3. The van der Waals surface area contributed by atoms with Crippen LogP contribution in [0, 0.1) is 27.6 Å². The lowest BCUT2D eigenvalue weighted by molar-refractivity contribution is -0.384. The zero-order valence-corrected chi connectivity index (χ0v) is 15.5. The minimum Gasteiger partial charge on any atom is -0.449 e. The molecule has 2 aromatic carbocycles. The molecule has 0 spiro atoms. The highest BCUT2D eigenvalue weighted by molar-refractivity contribution is 5.98. The van der Waals surface area contributed by atoms with E-state index in [0.29, 0.717) is 6.07 Å². The maximum absolute atomic E-state index is 13.6. The third kappa shape index (κ3) is 4.81. The molecule has 0 saturated heterocycles. The van der Waals surface area contributed by atoms with Gasteiger partial charge in [-0.15, -0.1) is 0 Å². The lowest BCUT2D eigenvalue weighted by Gasteiger charge is -2.15. The summed E-state index contributed by atoms with van der Waals surface area (Å²) in [5, 5.41) is 13.2. The van der Waals surface area contributed by atoms with Gasteiger partial charge in [-0.2, -0.15) is 0 Å². The van der Waals surface area contributed by atoms with Crippen molar-refractivity contribution in [2.45, 2.75) is 13.0 Å². The van der Waals surface area contributed by atoms with Gasteiger partial charge in [-0.1, -0.05) is 0 Å². The summed E-state index contributed by atoms with van der Waals surface area (Å²) in [6.07, 6.45) is -1.46. The molecule has 0 unspecified atom stereocenters. The van der Waals surface area contributed by atoms with Gasteiger partial charge < -0.3 is 15.0 Å². The molecule has 11 heteroatoms.